The van der Waals surface area contributed by atoms with Crippen LogP contribution in [0.4, 0.5) is 0 Å². The van der Waals surface area contributed by atoms with E-state index in [-0.39, 0.29) is 11.8 Å². The van der Waals surface area contributed by atoms with Crippen LogP contribution in [0.2, 0.25) is 0 Å². The van der Waals surface area contributed by atoms with Gasteiger partial charge in [-0.25, -0.2) is 0 Å². The first-order valence-corrected chi connectivity index (χ1v) is 9.02. The summed E-state index contributed by atoms with van der Waals surface area (Å²) in [6.07, 6.45) is 1.74. The quantitative estimate of drug-likeness (QED) is 0.827. The van der Waals surface area contributed by atoms with Crippen LogP contribution < -0.4 is 5.32 Å². The van der Waals surface area contributed by atoms with E-state index in [0.717, 1.165) is 38.9 Å². The van der Waals surface area contributed by atoms with Crippen molar-refractivity contribution < 1.29 is 14.6 Å². The van der Waals surface area contributed by atoms with E-state index >= 15 is 0 Å². The monoisotopic (exact) mass is 332 g/mol. The Labute approximate surface area is 144 Å². The van der Waals surface area contributed by atoms with E-state index in [2.05, 4.69) is 34.5 Å². The number of benzene rings is 1. The van der Waals surface area contributed by atoms with Crippen LogP contribution in [-0.4, -0.2) is 54.9 Å². The maximum Gasteiger partial charge on any atom is 0.249 e. The van der Waals surface area contributed by atoms with Crippen molar-refractivity contribution in [3.63, 3.8) is 0 Å². The van der Waals surface area contributed by atoms with Gasteiger partial charge in [-0.2, -0.15) is 0 Å². The predicted octanol–water partition coefficient (Wildman–Crippen LogP) is 1.41. The number of amides is 1. The number of rotatable bonds is 6. The first kappa shape index (κ1) is 17.4. The van der Waals surface area contributed by atoms with Crippen LogP contribution in [0.15, 0.2) is 30.3 Å². The lowest BCUT2D eigenvalue weighted by molar-refractivity contribution is -0.134. The number of carbonyl (C=O) groups excluding carboxylic acids is 1. The molecule has 1 unspecified atom stereocenters. The van der Waals surface area contributed by atoms with Crippen LogP contribution in [0.3, 0.4) is 0 Å². The van der Waals surface area contributed by atoms with Gasteiger partial charge in [0.25, 0.3) is 0 Å². The van der Waals surface area contributed by atoms with Gasteiger partial charge in [0.2, 0.25) is 5.91 Å². The highest BCUT2D eigenvalue weighted by molar-refractivity contribution is 5.80. The Morgan fingerprint density at radius 3 is 2.75 bits per heavy atom. The van der Waals surface area contributed by atoms with Gasteiger partial charge in [-0.05, 0) is 43.2 Å². The lowest BCUT2D eigenvalue weighted by Gasteiger charge is -2.26. The average Bonchev–Trinajstić information content (AvgIpc) is 3.08. The average molecular weight is 332 g/mol. The minimum Gasteiger partial charge on any atom is -0.383 e. The van der Waals surface area contributed by atoms with Crippen LogP contribution >= 0.6 is 0 Å². The molecule has 2 aliphatic rings. The van der Waals surface area contributed by atoms with Crippen LogP contribution in [0.1, 0.15) is 24.8 Å². The third kappa shape index (κ3) is 4.79. The van der Waals surface area contributed by atoms with Gasteiger partial charge in [-0.3, -0.25) is 9.69 Å². The van der Waals surface area contributed by atoms with Crippen molar-refractivity contribution in [1.29, 1.82) is 0 Å². The second-order valence-electron chi connectivity index (χ2n) is 7.02. The van der Waals surface area contributed by atoms with E-state index in [1.165, 1.54) is 5.56 Å². The van der Waals surface area contributed by atoms with Crippen LogP contribution in [0, 0.1) is 11.8 Å². The molecule has 0 spiro atoms. The van der Waals surface area contributed by atoms with Crippen molar-refractivity contribution in [3.05, 3.63) is 35.9 Å². The topological polar surface area (TPSA) is 61.8 Å². The van der Waals surface area contributed by atoms with E-state index < -0.39 is 6.10 Å². The minimum absolute atomic E-state index is 0.0388. The smallest absolute Gasteiger partial charge is 0.249 e. The summed E-state index contributed by atoms with van der Waals surface area (Å²) in [7, 11) is 0. The highest BCUT2D eigenvalue weighted by Gasteiger charge is 2.29. The minimum atomic E-state index is -0.893. The van der Waals surface area contributed by atoms with Crippen molar-refractivity contribution in [2.45, 2.75) is 31.9 Å². The molecule has 2 N–H and O–H groups in total. The standard InChI is InChI=1S/C19H28N2O3/c22-18(17-7-10-24-11-8-17)19(23)20-12-16-6-9-21(14-16)13-15-4-2-1-3-5-15/h1-5,16-18,22H,6-14H2,(H,20,23)/t16?,18-/m1/s1. The van der Waals surface area contributed by atoms with Gasteiger partial charge >= 0.3 is 0 Å². The predicted molar refractivity (Wildman–Crippen MR) is 92.4 cm³/mol. The molecule has 0 aliphatic carbocycles. The first-order chi connectivity index (χ1) is 11.7. The van der Waals surface area contributed by atoms with Crippen molar-refractivity contribution >= 4 is 5.91 Å². The molecular formula is C19H28N2O3. The zero-order valence-electron chi connectivity index (χ0n) is 14.2. The van der Waals surface area contributed by atoms with Crippen molar-refractivity contribution in [3.8, 4) is 0 Å². The number of aliphatic hydroxyl groups excluding tert-OH is 1. The van der Waals surface area contributed by atoms with Gasteiger partial charge in [0.1, 0.15) is 6.10 Å². The molecule has 1 aromatic rings. The summed E-state index contributed by atoms with van der Waals surface area (Å²) in [6, 6.07) is 10.5. The summed E-state index contributed by atoms with van der Waals surface area (Å²) in [5.74, 6) is 0.292. The number of hydrogen-bond donors (Lipinski definition) is 2. The molecule has 5 heteroatoms. The van der Waals surface area contributed by atoms with Gasteiger partial charge in [0, 0.05) is 32.8 Å². The van der Waals surface area contributed by atoms with E-state index in [9.17, 15) is 9.90 Å². The maximum absolute atomic E-state index is 12.2. The summed E-state index contributed by atoms with van der Waals surface area (Å²) < 4.78 is 5.28. The molecule has 2 fully saturated rings. The number of hydrogen-bond acceptors (Lipinski definition) is 4. The van der Waals surface area contributed by atoms with Gasteiger partial charge in [-0.15, -0.1) is 0 Å². The summed E-state index contributed by atoms with van der Waals surface area (Å²) >= 11 is 0. The molecule has 2 atom stereocenters. The zero-order valence-corrected chi connectivity index (χ0v) is 14.2. The normalized spacial score (nSPS) is 24.0. The van der Waals surface area contributed by atoms with Gasteiger partial charge in [0.15, 0.2) is 0 Å². The van der Waals surface area contributed by atoms with E-state index in [1.54, 1.807) is 0 Å². The van der Waals surface area contributed by atoms with Crippen LogP contribution in [0.5, 0.6) is 0 Å². The molecule has 1 aromatic carbocycles. The second-order valence-corrected chi connectivity index (χ2v) is 7.02. The Balaban J connectivity index is 1.38. The number of nitrogens with one attached hydrogen (secondary N) is 1. The zero-order chi connectivity index (χ0) is 16.8. The lowest BCUT2D eigenvalue weighted by Crippen LogP contribution is -2.43. The van der Waals surface area contributed by atoms with E-state index in [1.807, 2.05) is 6.07 Å². The molecule has 0 radical (unpaired) electrons. The molecule has 0 aromatic heterocycles. The highest BCUT2D eigenvalue weighted by atomic mass is 16.5. The molecule has 2 saturated heterocycles. The Morgan fingerprint density at radius 1 is 1.25 bits per heavy atom. The molecule has 1 amide bonds. The Bertz CT molecular complexity index is 517. The second kappa shape index (κ2) is 8.60. The fourth-order valence-corrected chi connectivity index (χ4v) is 3.66. The summed E-state index contributed by atoms with van der Waals surface area (Å²) in [5, 5.41) is 13.1. The first-order valence-electron chi connectivity index (χ1n) is 9.02. The number of likely N-dealkylation sites (tertiary alicyclic amines) is 1. The molecule has 3 rings (SSSR count). The molecule has 2 aliphatic heterocycles. The fraction of sp³-hybridized carbons (Fsp3) is 0.632. The summed E-state index contributed by atoms with van der Waals surface area (Å²) in [5.41, 5.74) is 1.33. The number of aliphatic hydroxyl groups is 1. The summed E-state index contributed by atoms with van der Waals surface area (Å²) in [6.45, 7) is 4.99. The Kier molecular flexibility index (Phi) is 6.24. The number of ether oxygens (including phenoxy) is 1. The molecule has 0 bridgehead atoms. The van der Waals surface area contributed by atoms with E-state index in [4.69, 9.17) is 4.74 Å². The highest BCUT2D eigenvalue weighted by Crippen LogP contribution is 2.20. The number of nitrogens with zero attached hydrogens (tertiary/aromatic N) is 1. The molecule has 5 nitrogen and oxygen atoms in total. The Hall–Kier alpha value is -1.43. The van der Waals surface area contributed by atoms with Crippen LogP contribution in [0.25, 0.3) is 0 Å². The molecule has 0 saturated carbocycles. The molecule has 2 heterocycles. The fourth-order valence-electron chi connectivity index (χ4n) is 3.66. The molecule has 24 heavy (non-hydrogen) atoms. The van der Waals surface area contributed by atoms with Crippen molar-refractivity contribution in [1.82, 2.24) is 10.2 Å². The van der Waals surface area contributed by atoms with Gasteiger partial charge < -0.3 is 15.2 Å². The summed E-state index contributed by atoms with van der Waals surface area (Å²) in [4.78, 5) is 14.6. The third-order valence-corrected chi connectivity index (χ3v) is 5.17. The lowest BCUT2D eigenvalue weighted by atomic mass is 9.93. The third-order valence-electron chi connectivity index (χ3n) is 5.17. The largest absolute Gasteiger partial charge is 0.383 e. The van der Waals surface area contributed by atoms with Crippen LogP contribution in [-0.2, 0) is 16.1 Å². The van der Waals surface area contributed by atoms with Crippen molar-refractivity contribution in [2.24, 2.45) is 11.8 Å². The van der Waals surface area contributed by atoms with Gasteiger partial charge in [0.05, 0.1) is 0 Å². The van der Waals surface area contributed by atoms with E-state index in [0.29, 0.717) is 25.7 Å². The molecular weight excluding hydrogens is 304 g/mol. The Morgan fingerprint density at radius 2 is 2.00 bits per heavy atom. The maximum atomic E-state index is 12.2. The molecule has 132 valence electrons. The van der Waals surface area contributed by atoms with Crippen molar-refractivity contribution in [2.75, 3.05) is 32.8 Å². The SMILES string of the molecule is O=C(NCC1CCN(Cc2ccccc2)C1)[C@H](O)C1CCOCC1. The number of carbonyl (C=O) groups is 1. The van der Waals surface area contributed by atoms with Gasteiger partial charge in [-0.1, -0.05) is 30.3 Å².